The minimum atomic E-state index is 1.12. The zero-order valence-corrected chi connectivity index (χ0v) is 8.11. The zero-order valence-electron chi connectivity index (χ0n) is 8.11. The summed E-state index contributed by atoms with van der Waals surface area (Å²) < 4.78 is 0. The summed E-state index contributed by atoms with van der Waals surface area (Å²) in [6, 6.07) is 0. The van der Waals surface area contributed by atoms with Gasteiger partial charge in [0.2, 0.25) is 0 Å². The fourth-order valence-corrected chi connectivity index (χ4v) is 1.06. The van der Waals surface area contributed by atoms with Gasteiger partial charge < -0.3 is 5.32 Å². The molecular weight excluding hydrogens is 134 g/mol. The third-order valence-corrected chi connectivity index (χ3v) is 1.57. The largest absolute Gasteiger partial charge is 0.389 e. The molecule has 0 saturated carbocycles. The molecule has 66 valence electrons. The van der Waals surface area contributed by atoms with Crippen LogP contribution in [0, 0.1) is 0 Å². The smallest absolute Gasteiger partial charge is 0.0141 e. The Bertz CT molecular complexity index is 105. The summed E-state index contributed by atoms with van der Waals surface area (Å²) in [7, 11) is 0. The predicted molar refractivity (Wildman–Crippen MR) is 51.6 cm³/mol. The van der Waals surface area contributed by atoms with E-state index >= 15 is 0 Å². The molecule has 1 nitrogen and oxygen atoms in total. The molecule has 0 atom stereocenters. The first kappa shape index (κ1) is 10.5. The van der Waals surface area contributed by atoms with E-state index in [2.05, 4.69) is 32.2 Å². The summed E-state index contributed by atoms with van der Waals surface area (Å²) in [5.74, 6) is 0. The Labute approximate surface area is 70.9 Å². The molecule has 0 saturated heterocycles. The van der Waals surface area contributed by atoms with Crippen molar-refractivity contribution in [2.75, 3.05) is 6.54 Å². The lowest BCUT2D eigenvalue weighted by Crippen LogP contribution is -2.13. The highest BCUT2D eigenvalue weighted by molar-refractivity contribution is 4.98. The standard InChI is InChI=1S/C10H21N/c1-4-7-10(8-5-2)11-9-6-3/h7,11H,4-6,8-9H2,1-3H3. The monoisotopic (exact) mass is 155 g/mol. The third kappa shape index (κ3) is 5.96. The second-order valence-corrected chi connectivity index (χ2v) is 2.81. The van der Waals surface area contributed by atoms with E-state index in [-0.39, 0.29) is 0 Å². The zero-order chi connectivity index (χ0) is 8.53. The van der Waals surface area contributed by atoms with Crippen molar-refractivity contribution in [1.82, 2.24) is 5.32 Å². The van der Waals surface area contributed by atoms with Crippen LogP contribution in [0.3, 0.4) is 0 Å². The Morgan fingerprint density at radius 1 is 1.18 bits per heavy atom. The fraction of sp³-hybridized carbons (Fsp3) is 0.800. The maximum Gasteiger partial charge on any atom is 0.0141 e. The van der Waals surface area contributed by atoms with Gasteiger partial charge in [-0.05, 0) is 19.3 Å². The lowest BCUT2D eigenvalue weighted by atomic mass is 10.2. The Morgan fingerprint density at radius 3 is 2.36 bits per heavy atom. The SMILES string of the molecule is CCC=C(CCC)NCCC. The summed E-state index contributed by atoms with van der Waals surface area (Å²) in [6.45, 7) is 7.72. The van der Waals surface area contributed by atoms with Crippen LogP contribution in [0.2, 0.25) is 0 Å². The van der Waals surface area contributed by atoms with Crippen molar-refractivity contribution in [2.45, 2.75) is 46.5 Å². The minimum absolute atomic E-state index is 1.12. The molecule has 0 unspecified atom stereocenters. The van der Waals surface area contributed by atoms with Crippen molar-refractivity contribution in [3.05, 3.63) is 11.8 Å². The van der Waals surface area contributed by atoms with Gasteiger partial charge in [-0.25, -0.2) is 0 Å². The van der Waals surface area contributed by atoms with Gasteiger partial charge in [0.15, 0.2) is 0 Å². The first-order valence-corrected chi connectivity index (χ1v) is 4.78. The Balaban J connectivity index is 3.60. The number of hydrogen-bond donors (Lipinski definition) is 1. The highest BCUT2D eigenvalue weighted by Crippen LogP contribution is 2.01. The highest BCUT2D eigenvalue weighted by atomic mass is 14.9. The number of hydrogen-bond acceptors (Lipinski definition) is 1. The Hall–Kier alpha value is -0.460. The van der Waals surface area contributed by atoms with Crippen molar-refractivity contribution >= 4 is 0 Å². The molecule has 0 amide bonds. The summed E-state index contributed by atoms with van der Waals surface area (Å²) in [6.07, 6.45) is 7.09. The van der Waals surface area contributed by atoms with Crippen LogP contribution >= 0.6 is 0 Å². The van der Waals surface area contributed by atoms with Crippen LogP contribution in [0.1, 0.15) is 46.5 Å². The average molecular weight is 155 g/mol. The van der Waals surface area contributed by atoms with Crippen LogP contribution in [0.4, 0.5) is 0 Å². The van der Waals surface area contributed by atoms with Crippen LogP contribution < -0.4 is 5.32 Å². The van der Waals surface area contributed by atoms with Gasteiger partial charge in [0, 0.05) is 12.2 Å². The molecule has 11 heavy (non-hydrogen) atoms. The molecule has 0 aromatic heterocycles. The lowest BCUT2D eigenvalue weighted by molar-refractivity contribution is 0.711. The minimum Gasteiger partial charge on any atom is -0.389 e. The lowest BCUT2D eigenvalue weighted by Gasteiger charge is -2.08. The summed E-state index contributed by atoms with van der Waals surface area (Å²) >= 11 is 0. The molecule has 1 heteroatoms. The van der Waals surface area contributed by atoms with E-state index in [4.69, 9.17) is 0 Å². The number of rotatable bonds is 6. The maximum absolute atomic E-state index is 3.43. The first-order valence-electron chi connectivity index (χ1n) is 4.78. The molecule has 0 rings (SSSR count). The molecule has 0 radical (unpaired) electrons. The van der Waals surface area contributed by atoms with E-state index in [0.29, 0.717) is 0 Å². The highest BCUT2D eigenvalue weighted by Gasteiger charge is 1.91. The second kappa shape index (κ2) is 7.64. The Kier molecular flexibility index (Phi) is 7.33. The van der Waals surface area contributed by atoms with E-state index in [1.807, 2.05) is 0 Å². The van der Waals surface area contributed by atoms with Crippen molar-refractivity contribution < 1.29 is 0 Å². The molecule has 0 bridgehead atoms. The van der Waals surface area contributed by atoms with Crippen LogP contribution in [0.25, 0.3) is 0 Å². The van der Waals surface area contributed by atoms with Crippen LogP contribution in [-0.4, -0.2) is 6.54 Å². The van der Waals surface area contributed by atoms with Gasteiger partial charge in [-0.15, -0.1) is 0 Å². The summed E-state index contributed by atoms with van der Waals surface area (Å²) in [5, 5.41) is 3.43. The number of nitrogens with one attached hydrogen (secondary N) is 1. The second-order valence-electron chi connectivity index (χ2n) is 2.81. The summed E-state index contributed by atoms with van der Waals surface area (Å²) in [4.78, 5) is 0. The van der Waals surface area contributed by atoms with Gasteiger partial charge in [-0.1, -0.05) is 33.3 Å². The molecule has 1 N–H and O–H groups in total. The van der Waals surface area contributed by atoms with Gasteiger partial charge in [-0.2, -0.15) is 0 Å². The molecule has 0 spiro atoms. The first-order chi connectivity index (χ1) is 5.35. The normalized spacial score (nSPS) is 11.7. The fourth-order valence-electron chi connectivity index (χ4n) is 1.06. The predicted octanol–water partition coefficient (Wildman–Crippen LogP) is 3.08. The van der Waals surface area contributed by atoms with E-state index in [9.17, 15) is 0 Å². The van der Waals surface area contributed by atoms with E-state index in [1.165, 1.54) is 25.0 Å². The van der Waals surface area contributed by atoms with Crippen molar-refractivity contribution in [2.24, 2.45) is 0 Å². The van der Waals surface area contributed by atoms with Crippen LogP contribution in [-0.2, 0) is 0 Å². The molecule has 0 aromatic rings. The van der Waals surface area contributed by atoms with E-state index in [1.54, 1.807) is 0 Å². The molecular formula is C10H21N. The van der Waals surface area contributed by atoms with Crippen molar-refractivity contribution in [3.8, 4) is 0 Å². The van der Waals surface area contributed by atoms with Gasteiger partial charge in [0.1, 0.15) is 0 Å². The van der Waals surface area contributed by atoms with Crippen molar-refractivity contribution in [1.29, 1.82) is 0 Å². The van der Waals surface area contributed by atoms with Crippen molar-refractivity contribution in [3.63, 3.8) is 0 Å². The summed E-state index contributed by atoms with van der Waals surface area (Å²) in [5.41, 5.74) is 1.43. The molecule has 0 aliphatic carbocycles. The number of allylic oxidation sites excluding steroid dienone is 2. The quantitative estimate of drug-likeness (QED) is 0.621. The van der Waals surface area contributed by atoms with Gasteiger partial charge in [0.05, 0.1) is 0 Å². The molecule has 0 aliphatic rings. The Morgan fingerprint density at radius 2 is 1.91 bits per heavy atom. The molecule has 0 aromatic carbocycles. The van der Waals surface area contributed by atoms with E-state index in [0.717, 1.165) is 13.0 Å². The topological polar surface area (TPSA) is 12.0 Å². The van der Waals surface area contributed by atoms with Crippen LogP contribution in [0.5, 0.6) is 0 Å². The third-order valence-electron chi connectivity index (χ3n) is 1.57. The average Bonchev–Trinajstić information content (AvgIpc) is 2.01. The van der Waals surface area contributed by atoms with Gasteiger partial charge in [-0.3, -0.25) is 0 Å². The van der Waals surface area contributed by atoms with E-state index < -0.39 is 0 Å². The van der Waals surface area contributed by atoms with Gasteiger partial charge >= 0.3 is 0 Å². The molecule has 0 aliphatic heterocycles. The maximum atomic E-state index is 3.43. The van der Waals surface area contributed by atoms with Crippen LogP contribution in [0.15, 0.2) is 11.8 Å². The molecule has 0 heterocycles. The molecule has 0 fully saturated rings. The van der Waals surface area contributed by atoms with Gasteiger partial charge in [0.25, 0.3) is 0 Å².